The first-order chi connectivity index (χ1) is 36.0. The van der Waals surface area contributed by atoms with Crippen LogP contribution in [0.3, 0.4) is 0 Å². The van der Waals surface area contributed by atoms with Gasteiger partial charge >= 0.3 is 13.8 Å². The molecule has 0 radical (unpaired) electrons. The Hall–Kier alpha value is -1.44. The number of ether oxygens (including phenoxy) is 2. The predicted octanol–water partition coefficient (Wildman–Crippen LogP) is 15.3. The van der Waals surface area contributed by atoms with Crippen LogP contribution >= 0.6 is 7.82 Å². The van der Waals surface area contributed by atoms with E-state index in [2.05, 4.69) is 50.3 Å². The van der Waals surface area contributed by atoms with Gasteiger partial charge in [0, 0.05) is 13.0 Å². The van der Waals surface area contributed by atoms with Crippen molar-refractivity contribution >= 4 is 13.8 Å². The second-order valence-corrected chi connectivity index (χ2v) is 23.0. The first kappa shape index (κ1) is 70.6. The molecule has 436 valence electrons. The predicted molar refractivity (Wildman–Crippen MR) is 304 cm³/mol. The van der Waals surface area contributed by atoms with Crippen molar-refractivity contribution in [3.63, 3.8) is 0 Å². The minimum Gasteiger partial charge on any atom is -0.457 e. The van der Waals surface area contributed by atoms with Gasteiger partial charge in [-0.2, -0.15) is 0 Å². The van der Waals surface area contributed by atoms with Gasteiger partial charge < -0.3 is 39.9 Å². The second kappa shape index (κ2) is 51.0. The van der Waals surface area contributed by atoms with E-state index < -0.39 is 63.1 Å². The summed E-state index contributed by atoms with van der Waals surface area (Å²) in [6, 6.07) is 0. The maximum atomic E-state index is 12.9. The normalized spacial score (nSPS) is 20.6. The lowest BCUT2D eigenvalue weighted by molar-refractivity contribution is -0.220. The third-order valence-electron chi connectivity index (χ3n) is 14.5. The first-order valence-corrected chi connectivity index (χ1v) is 32.3. The van der Waals surface area contributed by atoms with Crippen molar-refractivity contribution in [3.8, 4) is 0 Å². The Kier molecular flexibility index (Phi) is 48.7. The van der Waals surface area contributed by atoms with Crippen molar-refractivity contribution in [3.05, 3.63) is 36.5 Å². The number of phosphoric acid groups is 1. The molecule has 0 aliphatic heterocycles. The highest BCUT2D eigenvalue weighted by atomic mass is 31.2. The molecule has 6 atom stereocenters. The van der Waals surface area contributed by atoms with E-state index in [-0.39, 0.29) is 13.0 Å². The Labute approximate surface area is 452 Å². The SMILES string of the molecule is CCCCCCC/C=C\C/C=C\C/C=C\CCCCCCCCCCCOCC(COP(=O)(O)OC1C(O)C(O)C(O)C(O)C1O)OC(=O)CCCCCCCCCCCCCCCCCCCCCCCCC. The summed E-state index contributed by atoms with van der Waals surface area (Å²) < 4.78 is 34.5. The molecule has 1 aliphatic carbocycles. The molecule has 13 heteroatoms. The average molecular weight is 1070 g/mol. The van der Waals surface area contributed by atoms with Crippen LogP contribution < -0.4 is 0 Å². The van der Waals surface area contributed by atoms with Crippen LogP contribution in [0.2, 0.25) is 0 Å². The zero-order valence-electron chi connectivity index (χ0n) is 47.4. The maximum absolute atomic E-state index is 12.9. The van der Waals surface area contributed by atoms with E-state index in [1.807, 2.05) is 0 Å². The van der Waals surface area contributed by atoms with Gasteiger partial charge in [-0.15, -0.1) is 0 Å². The van der Waals surface area contributed by atoms with Gasteiger partial charge in [0.15, 0.2) is 0 Å². The summed E-state index contributed by atoms with van der Waals surface area (Å²) in [5.41, 5.74) is 0. The van der Waals surface area contributed by atoms with Crippen LogP contribution in [0.15, 0.2) is 36.5 Å². The summed E-state index contributed by atoms with van der Waals surface area (Å²) in [4.78, 5) is 23.4. The Morgan fingerprint density at radius 1 is 0.432 bits per heavy atom. The number of aliphatic hydroxyl groups excluding tert-OH is 5. The fourth-order valence-electron chi connectivity index (χ4n) is 9.66. The Morgan fingerprint density at radius 2 is 0.757 bits per heavy atom. The minimum atomic E-state index is -5.03. The molecule has 0 spiro atoms. The number of carbonyl (C=O) groups excluding carboxylic acids is 1. The van der Waals surface area contributed by atoms with Gasteiger partial charge in [0.1, 0.15) is 42.7 Å². The number of aliphatic hydroxyl groups is 5. The van der Waals surface area contributed by atoms with Crippen LogP contribution in [0.4, 0.5) is 0 Å². The van der Waals surface area contributed by atoms with Gasteiger partial charge in [-0.1, -0.05) is 262 Å². The molecule has 0 heterocycles. The molecular formula is C61H115O12P. The largest absolute Gasteiger partial charge is 0.472 e. The van der Waals surface area contributed by atoms with Crippen LogP contribution in [0, 0.1) is 0 Å². The highest BCUT2D eigenvalue weighted by Gasteiger charge is 2.51. The highest BCUT2D eigenvalue weighted by Crippen LogP contribution is 2.47. The minimum absolute atomic E-state index is 0.0771. The van der Waals surface area contributed by atoms with Gasteiger partial charge in [-0.3, -0.25) is 13.8 Å². The van der Waals surface area contributed by atoms with E-state index in [1.54, 1.807) is 0 Å². The zero-order chi connectivity index (χ0) is 54.0. The molecule has 1 aliphatic rings. The first-order valence-electron chi connectivity index (χ1n) is 30.8. The molecule has 74 heavy (non-hydrogen) atoms. The highest BCUT2D eigenvalue weighted by molar-refractivity contribution is 7.47. The number of rotatable bonds is 54. The van der Waals surface area contributed by atoms with Crippen LogP contribution in [0.1, 0.15) is 284 Å². The number of phosphoric ester groups is 1. The Bertz CT molecular complexity index is 1360. The molecule has 0 aromatic rings. The molecule has 12 nitrogen and oxygen atoms in total. The molecule has 1 saturated carbocycles. The van der Waals surface area contributed by atoms with E-state index in [0.717, 1.165) is 64.2 Å². The van der Waals surface area contributed by atoms with E-state index in [4.69, 9.17) is 18.5 Å². The Balaban J connectivity index is 2.25. The topological polar surface area (TPSA) is 192 Å². The summed E-state index contributed by atoms with van der Waals surface area (Å²) in [5.74, 6) is -0.473. The van der Waals surface area contributed by atoms with Gasteiger partial charge in [-0.25, -0.2) is 4.57 Å². The fraction of sp³-hybridized carbons (Fsp3) is 0.885. The van der Waals surface area contributed by atoms with Gasteiger partial charge in [-0.05, 0) is 51.4 Å². The molecular weight excluding hydrogens is 956 g/mol. The summed E-state index contributed by atoms with van der Waals surface area (Å²) in [5, 5.41) is 50.5. The Morgan fingerprint density at radius 3 is 1.15 bits per heavy atom. The molecule has 1 rings (SSSR count). The van der Waals surface area contributed by atoms with Crippen molar-refractivity contribution in [1.29, 1.82) is 0 Å². The van der Waals surface area contributed by atoms with E-state index >= 15 is 0 Å². The van der Waals surface area contributed by atoms with Crippen molar-refractivity contribution in [2.24, 2.45) is 0 Å². The number of esters is 1. The van der Waals surface area contributed by atoms with Gasteiger partial charge in [0.05, 0.1) is 13.2 Å². The number of hydrogen-bond donors (Lipinski definition) is 6. The van der Waals surface area contributed by atoms with Crippen molar-refractivity contribution in [1.82, 2.24) is 0 Å². The van der Waals surface area contributed by atoms with Gasteiger partial charge in [0.2, 0.25) is 0 Å². The number of carbonyl (C=O) groups is 1. The van der Waals surface area contributed by atoms with Crippen molar-refractivity contribution in [2.45, 2.75) is 326 Å². The van der Waals surface area contributed by atoms with Crippen molar-refractivity contribution < 1.29 is 58.3 Å². The van der Waals surface area contributed by atoms with Gasteiger partial charge in [0.25, 0.3) is 0 Å². The molecule has 0 aromatic heterocycles. The summed E-state index contributed by atoms with van der Waals surface area (Å²) in [6.45, 7) is 4.30. The van der Waals surface area contributed by atoms with Crippen LogP contribution in [0.25, 0.3) is 0 Å². The average Bonchev–Trinajstić information content (AvgIpc) is 3.39. The second-order valence-electron chi connectivity index (χ2n) is 21.6. The zero-order valence-corrected chi connectivity index (χ0v) is 48.3. The molecule has 0 bridgehead atoms. The summed E-state index contributed by atoms with van der Waals surface area (Å²) >= 11 is 0. The lowest BCUT2D eigenvalue weighted by Crippen LogP contribution is -2.64. The van der Waals surface area contributed by atoms with E-state index in [0.29, 0.717) is 13.0 Å². The molecule has 0 saturated heterocycles. The standard InChI is InChI=1S/C61H115O12P/c1-3-5-7-9-11-13-15-17-19-21-23-25-27-29-31-33-35-37-39-41-43-45-47-49-51-70-52-54(53-71-74(68,69)73-61-59(66)57(64)56(63)58(65)60(61)67)72-55(62)50-48-46-44-42-40-38-36-34-32-30-28-26-24-22-20-18-16-14-12-10-8-6-4-2/h15,17,21,23,27,29,54,56-61,63-67H,3-14,16,18-20,22,24-26,28,30-53H2,1-2H3,(H,68,69)/b17-15-,23-21-,29-27-. The molecule has 6 unspecified atom stereocenters. The van der Waals surface area contributed by atoms with Crippen LogP contribution in [0.5, 0.6) is 0 Å². The third kappa shape index (κ3) is 41.6. The number of unbranched alkanes of at least 4 members (excludes halogenated alkanes) is 36. The van der Waals surface area contributed by atoms with E-state index in [1.165, 1.54) is 193 Å². The number of hydrogen-bond acceptors (Lipinski definition) is 11. The maximum Gasteiger partial charge on any atom is 0.472 e. The van der Waals surface area contributed by atoms with E-state index in [9.17, 15) is 39.8 Å². The summed E-state index contributed by atoms with van der Waals surface area (Å²) in [6.07, 6.45) is 52.2. The number of allylic oxidation sites excluding steroid dienone is 6. The quantitative estimate of drug-likeness (QED) is 0.0146. The summed E-state index contributed by atoms with van der Waals surface area (Å²) in [7, 11) is -5.03. The lowest BCUT2D eigenvalue weighted by Gasteiger charge is -2.41. The lowest BCUT2D eigenvalue weighted by atomic mass is 9.85. The molecule has 6 N–H and O–H groups in total. The van der Waals surface area contributed by atoms with Crippen LogP contribution in [-0.4, -0.2) is 98.9 Å². The molecule has 0 aromatic carbocycles. The van der Waals surface area contributed by atoms with Crippen LogP contribution in [-0.2, 0) is 27.9 Å². The monoisotopic (exact) mass is 1070 g/mol. The fourth-order valence-corrected chi connectivity index (χ4v) is 10.6. The smallest absolute Gasteiger partial charge is 0.457 e. The molecule has 0 amide bonds. The van der Waals surface area contributed by atoms with Crippen molar-refractivity contribution in [2.75, 3.05) is 19.8 Å². The molecule has 1 fully saturated rings. The third-order valence-corrected chi connectivity index (χ3v) is 15.5.